The third-order valence-electron chi connectivity index (χ3n) is 3.03. The first kappa shape index (κ1) is 18.3. The Morgan fingerprint density at radius 2 is 1.88 bits per heavy atom. The first-order valence-electron chi connectivity index (χ1n) is 7.01. The van der Waals surface area contributed by atoms with Crippen molar-refractivity contribution in [2.45, 2.75) is 4.90 Å². The Kier molecular flexibility index (Phi) is 6.19. The highest BCUT2D eigenvalue weighted by molar-refractivity contribution is 7.89. The molecule has 2 aromatic rings. The van der Waals surface area contributed by atoms with Gasteiger partial charge < -0.3 is 9.47 Å². The number of nitrogens with one attached hydrogen (secondary N) is 1. The highest BCUT2D eigenvalue weighted by Crippen LogP contribution is 2.17. The fraction of sp³-hybridized carbons (Fsp3) is 0.188. The highest BCUT2D eigenvalue weighted by Gasteiger charge is 2.15. The van der Waals surface area contributed by atoms with E-state index in [4.69, 9.17) is 21.1 Å². The normalized spacial score (nSPS) is 11.1. The first-order chi connectivity index (χ1) is 11.4. The van der Waals surface area contributed by atoms with Crippen LogP contribution in [0.5, 0.6) is 5.75 Å². The second-order valence-corrected chi connectivity index (χ2v) is 7.00. The van der Waals surface area contributed by atoms with Crippen LogP contribution in [0.4, 0.5) is 0 Å². The number of carbonyl (C=O) groups is 1. The predicted octanol–water partition coefficient (Wildman–Crippen LogP) is 2.48. The van der Waals surface area contributed by atoms with Crippen molar-refractivity contribution < 1.29 is 22.7 Å². The number of rotatable bonds is 7. The van der Waals surface area contributed by atoms with Gasteiger partial charge in [0.05, 0.1) is 10.5 Å². The van der Waals surface area contributed by atoms with E-state index in [1.807, 2.05) is 0 Å². The monoisotopic (exact) mass is 369 g/mol. The third kappa shape index (κ3) is 4.95. The Bertz CT molecular complexity index is 823. The highest BCUT2D eigenvalue weighted by atomic mass is 35.5. The van der Waals surface area contributed by atoms with Crippen molar-refractivity contribution in [2.75, 3.05) is 20.3 Å². The predicted molar refractivity (Wildman–Crippen MR) is 89.9 cm³/mol. The number of hydrogen-bond acceptors (Lipinski definition) is 5. The standard InChI is InChI=1S/C16H16ClNO5S/c1-18-24(20,21)15-7-2-4-12(10-15)16(19)23-9-8-22-14-6-3-5-13(17)11-14/h2-7,10-11,18H,8-9H2,1H3. The van der Waals surface area contributed by atoms with E-state index in [0.29, 0.717) is 10.8 Å². The smallest absolute Gasteiger partial charge is 0.338 e. The van der Waals surface area contributed by atoms with E-state index in [1.165, 1.54) is 31.3 Å². The molecular formula is C16H16ClNO5S. The molecular weight excluding hydrogens is 354 g/mol. The van der Waals surface area contributed by atoms with Gasteiger partial charge in [-0.2, -0.15) is 0 Å². The number of halogens is 1. The molecule has 0 aliphatic rings. The van der Waals surface area contributed by atoms with Crippen LogP contribution in [0.25, 0.3) is 0 Å². The minimum Gasteiger partial charge on any atom is -0.490 e. The zero-order valence-corrected chi connectivity index (χ0v) is 14.4. The molecule has 8 heteroatoms. The van der Waals surface area contributed by atoms with E-state index in [-0.39, 0.29) is 23.7 Å². The summed E-state index contributed by atoms with van der Waals surface area (Å²) in [5.74, 6) is -0.0569. The number of sulfonamides is 1. The van der Waals surface area contributed by atoms with Crippen LogP contribution in [0.15, 0.2) is 53.4 Å². The Morgan fingerprint density at radius 3 is 2.58 bits per heavy atom. The Labute approximate surface area is 145 Å². The lowest BCUT2D eigenvalue weighted by Gasteiger charge is -2.08. The molecule has 0 saturated carbocycles. The maximum Gasteiger partial charge on any atom is 0.338 e. The largest absolute Gasteiger partial charge is 0.490 e. The number of esters is 1. The van der Waals surface area contributed by atoms with Gasteiger partial charge in [0.2, 0.25) is 10.0 Å². The van der Waals surface area contributed by atoms with Gasteiger partial charge in [0.25, 0.3) is 0 Å². The Balaban J connectivity index is 1.90. The minimum absolute atomic E-state index is 0.00497. The SMILES string of the molecule is CNS(=O)(=O)c1cccc(C(=O)OCCOc2cccc(Cl)c2)c1. The van der Waals surface area contributed by atoms with Crippen molar-refractivity contribution in [1.29, 1.82) is 0 Å². The van der Waals surface area contributed by atoms with Crippen LogP contribution in [0, 0.1) is 0 Å². The van der Waals surface area contributed by atoms with Gasteiger partial charge in [-0.05, 0) is 43.4 Å². The molecule has 0 aromatic heterocycles. The van der Waals surface area contributed by atoms with Crippen LogP contribution in [0.2, 0.25) is 5.02 Å². The van der Waals surface area contributed by atoms with Crippen molar-refractivity contribution in [3.05, 3.63) is 59.1 Å². The molecule has 0 radical (unpaired) electrons. The van der Waals surface area contributed by atoms with Gasteiger partial charge in [-0.15, -0.1) is 0 Å². The summed E-state index contributed by atoms with van der Waals surface area (Å²) in [6.07, 6.45) is 0. The Morgan fingerprint density at radius 1 is 1.12 bits per heavy atom. The third-order valence-corrected chi connectivity index (χ3v) is 4.68. The van der Waals surface area contributed by atoms with Gasteiger partial charge in [-0.1, -0.05) is 23.7 Å². The molecule has 0 fully saturated rings. The molecule has 0 amide bonds. The number of hydrogen-bond donors (Lipinski definition) is 1. The van der Waals surface area contributed by atoms with Gasteiger partial charge in [0.1, 0.15) is 19.0 Å². The van der Waals surface area contributed by atoms with E-state index in [2.05, 4.69) is 4.72 Å². The molecule has 128 valence electrons. The maximum atomic E-state index is 12.0. The first-order valence-corrected chi connectivity index (χ1v) is 8.87. The van der Waals surface area contributed by atoms with Crippen molar-refractivity contribution in [3.63, 3.8) is 0 Å². The second kappa shape index (κ2) is 8.14. The summed E-state index contributed by atoms with van der Waals surface area (Å²) in [6.45, 7) is 0.176. The van der Waals surface area contributed by atoms with E-state index in [9.17, 15) is 13.2 Å². The van der Waals surface area contributed by atoms with Crippen molar-refractivity contribution in [2.24, 2.45) is 0 Å². The van der Waals surface area contributed by atoms with E-state index >= 15 is 0 Å². The van der Waals surface area contributed by atoms with Crippen LogP contribution in [0.1, 0.15) is 10.4 Å². The fourth-order valence-corrected chi connectivity index (χ4v) is 2.80. The van der Waals surface area contributed by atoms with Gasteiger partial charge in [-0.3, -0.25) is 0 Å². The lowest BCUT2D eigenvalue weighted by molar-refractivity contribution is 0.0450. The summed E-state index contributed by atoms with van der Waals surface area (Å²) in [7, 11) is -2.32. The fourth-order valence-electron chi connectivity index (χ4n) is 1.84. The van der Waals surface area contributed by atoms with E-state index in [1.54, 1.807) is 24.3 Å². The molecule has 0 atom stereocenters. The molecule has 0 bridgehead atoms. The molecule has 0 spiro atoms. The van der Waals surface area contributed by atoms with Crippen molar-refractivity contribution >= 4 is 27.6 Å². The summed E-state index contributed by atoms with van der Waals surface area (Å²) in [4.78, 5) is 12.0. The molecule has 2 rings (SSSR count). The number of ether oxygens (including phenoxy) is 2. The molecule has 0 unspecified atom stereocenters. The van der Waals surface area contributed by atoms with E-state index < -0.39 is 16.0 Å². The molecule has 24 heavy (non-hydrogen) atoms. The topological polar surface area (TPSA) is 81.7 Å². The molecule has 0 heterocycles. The summed E-state index contributed by atoms with van der Waals surface area (Å²) < 4.78 is 36.1. The average molecular weight is 370 g/mol. The summed E-state index contributed by atoms with van der Waals surface area (Å²) in [6, 6.07) is 12.5. The van der Waals surface area contributed by atoms with Crippen LogP contribution in [-0.2, 0) is 14.8 Å². The molecule has 2 aromatic carbocycles. The lowest BCUT2D eigenvalue weighted by Crippen LogP contribution is -2.19. The number of benzene rings is 2. The number of carbonyl (C=O) groups excluding carboxylic acids is 1. The van der Waals surface area contributed by atoms with Crippen molar-refractivity contribution in [3.8, 4) is 5.75 Å². The molecule has 0 aliphatic carbocycles. The van der Waals surface area contributed by atoms with Crippen molar-refractivity contribution in [1.82, 2.24) is 4.72 Å². The zero-order chi connectivity index (χ0) is 17.6. The van der Waals surface area contributed by atoms with Crippen LogP contribution >= 0.6 is 11.6 Å². The molecule has 6 nitrogen and oxygen atoms in total. The average Bonchev–Trinajstić information content (AvgIpc) is 2.58. The van der Waals surface area contributed by atoms with Gasteiger partial charge in [-0.25, -0.2) is 17.9 Å². The zero-order valence-electron chi connectivity index (χ0n) is 12.9. The molecule has 0 aliphatic heterocycles. The van der Waals surface area contributed by atoms with Crippen LogP contribution in [0.3, 0.4) is 0 Å². The second-order valence-electron chi connectivity index (χ2n) is 4.68. The van der Waals surface area contributed by atoms with Gasteiger partial charge in [0, 0.05) is 5.02 Å². The molecule has 1 N–H and O–H groups in total. The van der Waals surface area contributed by atoms with E-state index in [0.717, 1.165) is 0 Å². The van der Waals surface area contributed by atoms with Crippen LogP contribution < -0.4 is 9.46 Å². The summed E-state index contributed by atoms with van der Waals surface area (Å²) in [5, 5.41) is 0.548. The maximum absolute atomic E-state index is 12.0. The van der Waals surface area contributed by atoms with Crippen LogP contribution in [-0.4, -0.2) is 34.6 Å². The minimum atomic E-state index is -3.61. The summed E-state index contributed by atoms with van der Waals surface area (Å²) in [5.41, 5.74) is 0.147. The summed E-state index contributed by atoms with van der Waals surface area (Å²) >= 11 is 5.83. The van der Waals surface area contributed by atoms with Gasteiger partial charge in [0.15, 0.2) is 0 Å². The Hall–Kier alpha value is -2.09. The quantitative estimate of drug-likeness (QED) is 0.599. The van der Waals surface area contributed by atoms with Gasteiger partial charge >= 0.3 is 5.97 Å². The molecule has 0 saturated heterocycles. The lowest BCUT2D eigenvalue weighted by atomic mass is 10.2.